The van der Waals surface area contributed by atoms with Crippen LogP contribution in [0.4, 0.5) is 5.82 Å². The standard InChI is InChI=1S/C24H26N4O2S/c1-5-6-11-30-19-9-7-18(8-10-19)23(29)26-22-14-17(4)27-28(22)24-25-20-12-15(2)16(3)13-21(20)31-24/h7-10,12-14H,5-6,11H2,1-4H3,(H,26,29). The summed E-state index contributed by atoms with van der Waals surface area (Å²) in [7, 11) is 0. The van der Waals surface area contributed by atoms with Crippen molar-refractivity contribution in [3.63, 3.8) is 0 Å². The van der Waals surface area contributed by atoms with Gasteiger partial charge in [-0.2, -0.15) is 9.78 Å². The topological polar surface area (TPSA) is 69.0 Å². The van der Waals surface area contributed by atoms with Gasteiger partial charge in [-0.1, -0.05) is 24.7 Å². The van der Waals surface area contributed by atoms with Gasteiger partial charge in [0.1, 0.15) is 11.6 Å². The molecule has 2 aromatic carbocycles. The molecule has 1 N–H and O–H groups in total. The quantitative estimate of drug-likeness (QED) is 0.371. The fourth-order valence-electron chi connectivity index (χ4n) is 3.22. The molecular formula is C24H26N4O2S. The van der Waals surface area contributed by atoms with E-state index < -0.39 is 0 Å². The van der Waals surface area contributed by atoms with Crippen LogP contribution in [-0.2, 0) is 0 Å². The fraction of sp³-hybridized carbons (Fsp3) is 0.292. The van der Waals surface area contributed by atoms with Gasteiger partial charge < -0.3 is 10.1 Å². The van der Waals surface area contributed by atoms with Gasteiger partial charge in [-0.15, -0.1) is 0 Å². The van der Waals surface area contributed by atoms with Gasteiger partial charge >= 0.3 is 0 Å². The number of rotatable bonds is 7. The van der Waals surface area contributed by atoms with Gasteiger partial charge in [0.05, 0.1) is 22.5 Å². The zero-order valence-electron chi connectivity index (χ0n) is 18.2. The van der Waals surface area contributed by atoms with Gasteiger partial charge in [0.25, 0.3) is 5.91 Å². The third kappa shape index (κ3) is 4.61. The highest BCUT2D eigenvalue weighted by Gasteiger charge is 2.16. The second-order valence-corrected chi connectivity index (χ2v) is 8.67. The molecule has 0 aliphatic heterocycles. The minimum Gasteiger partial charge on any atom is -0.494 e. The van der Waals surface area contributed by atoms with Gasteiger partial charge in [0.15, 0.2) is 0 Å². The molecule has 0 atom stereocenters. The Bertz CT molecular complexity index is 1190. The summed E-state index contributed by atoms with van der Waals surface area (Å²) < 4.78 is 8.47. The molecule has 0 radical (unpaired) electrons. The molecule has 31 heavy (non-hydrogen) atoms. The molecule has 0 saturated carbocycles. The maximum atomic E-state index is 12.8. The van der Waals surface area contributed by atoms with E-state index in [1.165, 1.54) is 11.1 Å². The van der Waals surface area contributed by atoms with E-state index in [1.807, 2.05) is 25.1 Å². The Balaban J connectivity index is 1.55. The van der Waals surface area contributed by atoms with Crippen LogP contribution in [0, 0.1) is 20.8 Å². The second-order valence-electron chi connectivity index (χ2n) is 7.66. The third-order valence-electron chi connectivity index (χ3n) is 5.13. The summed E-state index contributed by atoms with van der Waals surface area (Å²) in [4.78, 5) is 17.6. The molecule has 7 heteroatoms. The average Bonchev–Trinajstić information content (AvgIpc) is 3.31. The molecule has 0 fully saturated rings. The second kappa shape index (κ2) is 8.89. The summed E-state index contributed by atoms with van der Waals surface area (Å²) in [5.74, 6) is 1.17. The maximum absolute atomic E-state index is 12.8. The van der Waals surface area contributed by atoms with Crippen molar-refractivity contribution in [2.45, 2.75) is 40.5 Å². The van der Waals surface area contributed by atoms with Crippen molar-refractivity contribution in [3.8, 4) is 10.9 Å². The van der Waals surface area contributed by atoms with Gasteiger partial charge in [-0.3, -0.25) is 4.79 Å². The molecule has 0 unspecified atom stereocenters. The third-order valence-corrected chi connectivity index (χ3v) is 6.12. The lowest BCUT2D eigenvalue weighted by molar-refractivity contribution is 0.102. The number of anilines is 1. The summed E-state index contributed by atoms with van der Waals surface area (Å²) >= 11 is 1.56. The van der Waals surface area contributed by atoms with Crippen LogP contribution in [0.15, 0.2) is 42.5 Å². The van der Waals surface area contributed by atoms with Crippen molar-refractivity contribution in [1.29, 1.82) is 0 Å². The number of aryl methyl sites for hydroxylation is 3. The Kier molecular flexibility index (Phi) is 6.04. The highest BCUT2D eigenvalue weighted by atomic mass is 32.1. The maximum Gasteiger partial charge on any atom is 0.256 e. The number of amides is 1. The van der Waals surface area contributed by atoms with Crippen LogP contribution in [0.2, 0.25) is 0 Å². The van der Waals surface area contributed by atoms with Crippen molar-refractivity contribution >= 4 is 33.3 Å². The summed E-state index contributed by atoms with van der Waals surface area (Å²) in [6, 6.07) is 13.3. The van der Waals surface area contributed by atoms with Crippen molar-refractivity contribution in [2.75, 3.05) is 11.9 Å². The van der Waals surface area contributed by atoms with Gasteiger partial charge in [-0.05, 0) is 74.7 Å². The van der Waals surface area contributed by atoms with Crippen LogP contribution in [0.25, 0.3) is 15.3 Å². The molecule has 0 bridgehead atoms. The van der Waals surface area contributed by atoms with Gasteiger partial charge in [0, 0.05) is 11.6 Å². The van der Waals surface area contributed by atoms with Crippen molar-refractivity contribution in [3.05, 3.63) is 64.8 Å². The average molecular weight is 435 g/mol. The van der Waals surface area contributed by atoms with Gasteiger partial charge in [-0.25, -0.2) is 4.98 Å². The number of carbonyl (C=O) groups excluding carboxylic acids is 1. The molecule has 1 amide bonds. The first-order valence-corrected chi connectivity index (χ1v) is 11.3. The molecule has 2 heterocycles. The Hall–Kier alpha value is -3.19. The number of carbonyl (C=O) groups is 1. The number of hydrogen-bond acceptors (Lipinski definition) is 5. The SMILES string of the molecule is CCCCOc1ccc(C(=O)Nc2cc(C)nn2-c2nc3cc(C)c(C)cc3s2)cc1. The monoisotopic (exact) mass is 434 g/mol. The normalized spacial score (nSPS) is 11.1. The Labute approximate surface area is 185 Å². The molecule has 0 spiro atoms. The largest absolute Gasteiger partial charge is 0.494 e. The van der Waals surface area contributed by atoms with Crippen LogP contribution in [-0.4, -0.2) is 27.3 Å². The highest BCUT2D eigenvalue weighted by molar-refractivity contribution is 7.20. The van der Waals surface area contributed by atoms with Crippen LogP contribution < -0.4 is 10.1 Å². The smallest absolute Gasteiger partial charge is 0.256 e. The summed E-state index contributed by atoms with van der Waals surface area (Å²) in [6.45, 7) is 8.88. The zero-order chi connectivity index (χ0) is 22.0. The predicted molar refractivity (Wildman–Crippen MR) is 126 cm³/mol. The number of aromatic nitrogens is 3. The van der Waals surface area contributed by atoms with E-state index in [2.05, 4.69) is 43.3 Å². The van der Waals surface area contributed by atoms with E-state index in [9.17, 15) is 4.79 Å². The van der Waals surface area contributed by atoms with Crippen molar-refractivity contribution in [2.24, 2.45) is 0 Å². The summed E-state index contributed by atoms with van der Waals surface area (Å²) in [5, 5.41) is 8.25. The first-order valence-electron chi connectivity index (χ1n) is 10.4. The first kappa shape index (κ1) is 21.1. The van der Waals surface area contributed by atoms with Crippen LogP contribution in [0.1, 0.15) is 46.9 Å². The van der Waals surface area contributed by atoms with Crippen molar-refractivity contribution < 1.29 is 9.53 Å². The fourth-order valence-corrected chi connectivity index (χ4v) is 4.23. The lowest BCUT2D eigenvalue weighted by Gasteiger charge is -2.08. The number of thiazole rings is 1. The van der Waals surface area contributed by atoms with Crippen LogP contribution in [0.3, 0.4) is 0 Å². The number of nitrogens with zero attached hydrogens (tertiary/aromatic N) is 3. The Morgan fingerprint density at radius 1 is 1.10 bits per heavy atom. The summed E-state index contributed by atoms with van der Waals surface area (Å²) in [5.41, 5.74) is 4.74. The number of benzene rings is 2. The van der Waals surface area contributed by atoms with E-state index in [1.54, 1.807) is 28.2 Å². The molecule has 6 nitrogen and oxygen atoms in total. The molecule has 4 aromatic rings. The summed E-state index contributed by atoms with van der Waals surface area (Å²) in [6.07, 6.45) is 2.10. The number of fused-ring (bicyclic) bond motifs is 1. The van der Waals surface area contributed by atoms with E-state index in [4.69, 9.17) is 9.72 Å². The minimum absolute atomic E-state index is 0.200. The van der Waals surface area contributed by atoms with Crippen LogP contribution in [0.5, 0.6) is 5.75 Å². The predicted octanol–water partition coefficient (Wildman–Crippen LogP) is 5.84. The molecule has 0 saturated heterocycles. The number of nitrogens with one attached hydrogen (secondary N) is 1. The number of unbranched alkanes of at least 4 members (excludes halogenated alkanes) is 1. The van der Waals surface area contributed by atoms with E-state index in [0.29, 0.717) is 18.0 Å². The van der Waals surface area contributed by atoms with E-state index in [0.717, 1.165) is 39.6 Å². The molecule has 4 rings (SSSR count). The van der Waals surface area contributed by atoms with Crippen molar-refractivity contribution in [1.82, 2.24) is 14.8 Å². The van der Waals surface area contributed by atoms with Gasteiger partial charge in [0.2, 0.25) is 5.13 Å². The molecule has 0 aliphatic carbocycles. The molecular weight excluding hydrogens is 408 g/mol. The Morgan fingerprint density at radius 3 is 2.58 bits per heavy atom. The minimum atomic E-state index is -0.200. The number of hydrogen-bond donors (Lipinski definition) is 1. The van der Waals surface area contributed by atoms with E-state index >= 15 is 0 Å². The molecule has 0 aliphatic rings. The molecule has 2 aromatic heterocycles. The van der Waals surface area contributed by atoms with Crippen LogP contribution >= 0.6 is 11.3 Å². The Morgan fingerprint density at radius 2 is 1.84 bits per heavy atom. The first-order chi connectivity index (χ1) is 14.9. The molecule has 160 valence electrons. The zero-order valence-corrected chi connectivity index (χ0v) is 19.0. The lowest BCUT2D eigenvalue weighted by atomic mass is 10.1. The van der Waals surface area contributed by atoms with E-state index in [-0.39, 0.29) is 5.91 Å². The lowest BCUT2D eigenvalue weighted by Crippen LogP contribution is -2.15. The highest BCUT2D eigenvalue weighted by Crippen LogP contribution is 2.29. The number of ether oxygens (including phenoxy) is 1.